The monoisotopic (exact) mass is 338 g/mol. The summed E-state index contributed by atoms with van der Waals surface area (Å²) in [7, 11) is 0. The molecule has 1 aromatic heterocycles. The smallest absolute Gasteiger partial charge is 0.256 e. The molecular weight excluding hydrogens is 316 g/mol. The van der Waals surface area contributed by atoms with Crippen molar-refractivity contribution in [3.8, 4) is 0 Å². The van der Waals surface area contributed by atoms with Gasteiger partial charge in [0.1, 0.15) is 12.1 Å². The highest BCUT2D eigenvalue weighted by Crippen LogP contribution is 2.29. The van der Waals surface area contributed by atoms with E-state index in [1.54, 1.807) is 12.5 Å². The van der Waals surface area contributed by atoms with Crippen molar-refractivity contribution < 1.29 is 9.53 Å². The zero-order valence-electron chi connectivity index (χ0n) is 14.1. The van der Waals surface area contributed by atoms with Crippen LogP contribution in [-0.2, 0) is 16.0 Å². The molecule has 1 fully saturated rings. The van der Waals surface area contributed by atoms with Crippen LogP contribution in [0.1, 0.15) is 30.1 Å². The van der Waals surface area contributed by atoms with Crippen LogP contribution in [0.4, 0.5) is 5.82 Å². The van der Waals surface area contributed by atoms with Gasteiger partial charge >= 0.3 is 0 Å². The van der Waals surface area contributed by atoms with E-state index >= 15 is 0 Å². The van der Waals surface area contributed by atoms with Gasteiger partial charge in [-0.05, 0) is 36.5 Å². The van der Waals surface area contributed by atoms with E-state index in [1.165, 1.54) is 5.56 Å². The van der Waals surface area contributed by atoms with Gasteiger partial charge in [-0.1, -0.05) is 24.3 Å². The lowest BCUT2D eigenvalue weighted by Crippen LogP contribution is -2.45. The molecule has 1 amide bonds. The van der Waals surface area contributed by atoms with Crippen LogP contribution in [-0.4, -0.2) is 46.5 Å². The van der Waals surface area contributed by atoms with E-state index in [1.807, 2.05) is 29.2 Å². The summed E-state index contributed by atoms with van der Waals surface area (Å²) in [5, 5.41) is 3.42. The van der Waals surface area contributed by atoms with Crippen LogP contribution in [0.15, 0.2) is 42.9 Å². The van der Waals surface area contributed by atoms with Crippen molar-refractivity contribution in [1.82, 2.24) is 14.9 Å². The lowest BCUT2D eigenvalue weighted by molar-refractivity contribution is -0.146. The summed E-state index contributed by atoms with van der Waals surface area (Å²) in [6.45, 7) is 2.09. The highest BCUT2D eigenvalue weighted by atomic mass is 16.5. The standard InChI is InChI=1S/C19H22N4O2/c24-19(18-16-4-2-1-3-14(16)8-12-25-18)23-10-6-15(7-11-23)22-17-5-9-20-13-21-17/h1-5,9,13,15,18H,6-8,10-12H2,(H,20,21,22). The Balaban J connectivity index is 1.37. The Labute approximate surface area is 147 Å². The Hall–Kier alpha value is -2.47. The number of likely N-dealkylation sites (tertiary alicyclic amines) is 1. The van der Waals surface area contributed by atoms with E-state index in [9.17, 15) is 4.79 Å². The summed E-state index contributed by atoms with van der Waals surface area (Å²) in [6, 6.07) is 10.3. The van der Waals surface area contributed by atoms with Crippen LogP contribution in [0.5, 0.6) is 0 Å². The second-order valence-corrected chi connectivity index (χ2v) is 6.54. The van der Waals surface area contributed by atoms with Crippen molar-refractivity contribution >= 4 is 11.7 Å². The van der Waals surface area contributed by atoms with Crippen molar-refractivity contribution in [2.45, 2.75) is 31.4 Å². The lowest BCUT2D eigenvalue weighted by Gasteiger charge is -2.36. The van der Waals surface area contributed by atoms with Gasteiger partial charge in [0, 0.05) is 25.3 Å². The minimum absolute atomic E-state index is 0.0904. The van der Waals surface area contributed by atoms with Gasteiger partial charge in [0.2, 0.25) is 0 Å². The number of benzene rings is 1. The molecule has 3 heterocycles. The zero-order chi connectivity index (χ0) is 17.1. The third kappa shape index (κ3) is 3.49. The van der Waals surface area contributed by atoms with Crippen molar-refractivity contribution in [3.63, 3.8) is 0 Å². The highest BCUT2D eigenvalue weighted by molar-refractivity contribution is 5.83. The molecular formula is C19H22N4O2. The number of aromatic nitrogens is 2. The predicted molar refractivity (Wildman–Crippen MR) is 94.1 cm³/mol. The molecule has 0 bridgehead atoms. The van der Waals surface area contributed by atoms with E-state index in [4.69, 9.17) is 4.74 Å². The molecule has 6 nitrogen and oxygen atoms in total. The van der Waals surface area contributed by atoms with Gasteiger partial charge in [0.15, 0.2) is 6.10 Å². The van der Waals surface area contributed by atoms with Crippen LogP contribution >= 0.6 is 0 Å². The minimum atomic E-state index is -0.448. The van der Waals surface area contributed by atoms with Gasteiger partial charge in [0.25, 0.3) is 5.91 Å². The number of carbonyl (C=O) groups is 1. The number of anilines is 1. The van der Waals surface area contributed by atoms with Crippen molar-refractivity contribution in [2.24, 2.45) is 0 Å². The topological polar surface area (TPSA) is 67.3 Å². The number of nitrogens with zero attached hydrogens (tertiary/aromatic N) is 3. The number of hydrogen-bond acceptors (Lipinski definition) is 5. The number of piperidine rings is 1. The molecule has 1 atom stereocenters. The van der Waals surface area contributed by atoms with Gasteiger partial charge in [0.05, 0.1) is 6.61 Å². The summed E-state index contributed by atoms with van der Waals surface area (Å²) >= 11 is 0. The van der Waals surface area contributed by atoms with Gasteiger partial charge in [-0.2, -0.15) is 0 Å². The molecule has 4 rings (SSSR count). The third-order valence-electron chi connectivity index (χ3n) is 4.96. The van der Waals surface area contributed by atoms with Crippen molar-refractivity contribution in [3.05, 3.63) is 54.0 Å². The first kappa shape index (κ1) is 16.0. The molecule has 130 valence electrons. The number of fused-ring (bicyclic) bond motifs is 1. The number of amides is 1. The molecule has 2 aromatic rings. The summed E-state index contributed by atoms with van der Waals surface area (Å²) in [5.74, 6) is 0.928. The zero-order valence-corrected chi connectivity index (χ0v) is 14.1. The maximum atomic E-state index is 12.9. The molecule has 2 aliphatic rings. The Kier molecular flexibility index (Phi) is 4.61. The van der Waals surface area contributed by atoms with Crippen molar-refractivity contribution in [1.29, 1.82) is 0 Å². The van der Waals surface area contributed by atoms with Gasteiger partial charge in [-0.3, -0.25) is 4.79 Å². The second kappa shape index (κ2) is 7.19. The fourth-order valence-electron chi connectivity index (χ4n) is 3.59. The van der Waals surface area contributed by atoms with E-state index in [0.717, 1.165) is 43.7 Å². The Morgan fingerprint density at radius 2 is 2.04 bits per heavy atom. The molecule has 1 saturated heterocycles. The number of carbonyl (C=O) groups excluding carboxylic acids is 1. The Morgan fingerprint density at radius 1 is 1.20 bits per heavy atom. The Morgan fingerprint density at radius 3 is 2.84 bits per heavy atom. The normalized spacial score (nSPS) is 20.8. The first-order valence-electron chi connectivity index (χ1n) is 8.82. The molecule has 0 spiro atoms. The largest absolute Gasteiger partial charge is 0.367 e. The quantitative estimate of drug-likeness (QED) is 0.929. The molecule has 0 saturated carbocycles. The summed E-state index contributed by atoms with van der Waals surface area (Å²) in [4.78, 5) is 23.0. The number of ether oxygens (including phenoxy) is 1. The van der Waals surface area contributed by atoms with Gasteiger partial charge in [-0.25, -0.2) is 9.97 Å². The minimum Gasteiger partial charge on any atom is -0.367 e. The molecule has 1 aromatic carbocycles. The maximum absolute atomic E-state index is 12.9. The average Bonchev–Trinajstić information content (AvgIpc) is 2.68. The number of nitrogens with one attached hydrogen (secondary N) is 1. The van der Waals surface area contributed by atoms with Crippen LogP contribution in [0.25, 0.3) is 0 Å². The lowest BCUT2D eigenvalue weighted by atomic mass is 9.96. The molecule has 6 heteroatoms. The molecule has 1 unspecified atom stereocenters. The highest BCUT2D eigenvalue weighted by Gasteiger charge is 2.32. The average molecular weight is 338 g/mol. The van der Waals surface area contributed by atoms with E-state index in [2.05, 4.69) is 21.4 Å². The summed E-state index contributed by atoms with van der Waals surface area (Å²) < 4.78 is 5.82. The van der Waals surface area contributed by atoms with E-state index in [0.29, 0.717) is 12.6 Å². The number of hydrogen-bond donors (Lipinski definition) is 1. The predicted octanol–water partition coefficient (Wildman–Crippen LogP) is 2.19. The Bertz CT molecular complexity index is 729. The molecule has 0 radical (unpaired) electrons. The first-order chi connectivity index (χ1) is 12.3. The van der Waals surface area contributed by atoms with Crippen molar-refractivity contribution in [2.75, 3.05) is 25.0 Å². The molecule has 1 N–H and O–H groups in total. The van der Waals surface area contributed by atoms with Gasteiger partial charge < -0.3 is 15.0 Å². The van der Waals surface area contributed by atoms with Crippen LogP contribution in [0, 0.1) is 0 Å². The van der Waals surface area contributed by atoms with Crippen LogP contribution < -0.4 is 5.32 Å². The summed E-state index contributed by atoms with van der Waals surface area (Å²) in [6.07, 6.45) is 5.51. The fraction of sp³-hybridized carbons (Fsp3) is 0.421. The molecule has 0 aliphatic carbocycles. The SMILES string of the molecule is O=C(C1OCCc2ccccc21)N1CCC(Nc2ccncn2)CC1. The maximum Gasteiger partial charge on any atom is 0.256 e. The second-order valence-electron chi connectivity index (χ2n) is 6.54. The third-order valence-corrected chi connectivity index (χ3v) is 4.96. The molecule has 25 heavy (non-hydrogen) atoms. The van der Waals surface area contributed by atoms with Crippen LogP contribution in [0.2, 0.25) is 0 Å². The fourth-order valence-corrected chi connectivity index (χ4v) is 3.59. The van der Waals surface area contributed by atoms with Gasteiger partial charge in [-0.15, -0.1) is 0 Å². The van der Waals surface area contributed by atoms with E-state index in [-0.39, 0.29) is 5.91 Å². The first-order valence-corrected chi connectivity index (χ1v) is 8.82. The number of rotatable bonds is 3. The summed E-state index contributed by atoms with van der Waals surface area (Å²) in [5.41, 5.74) is 2.26. The van der Waals surface area contributed by atoms with E-state index < -0.39 is 6.10 Å². The molecule has 2 aliphatic heterocycles. The van der Waals surface area contributed by atoms with Crippen LogP contribution in [0.3, 0.4) is 0 Å².